The van der Waals surface area contributed by atoms with Crippen LogP contribution in [-0.4, -0.2) is 23.3 Å². The van der Waals surface area contributed by atoms with Gasteiger partial charge in [-0.25, -0.2) is 0 Å². The molecule has 0 spiro atoms. The van der Waals surface area contributed by atoms with E-state index in [1.54, 1.807) is 12.1 Å². The van der Waals surface area contributed by atoms with Gasteiger partial charge in [0, 0.05) is 17.3 Å². The van der Waals surface area contributed by atoms with E-state index in [1.165, 1.54) is 18.2 Å². The average Bonchev–Trinajstić information content (AvgIpc) is 2.60. The summed E-state index contributed by atoms with van der Waals surface area (Å²) in [4.78, 5) is 34.3. The van der Waals surface area contributed by atoms with E-state index in [1.807, 2.05) is 25.1 Å². The first-order valence-electron chi connectivity index (χ1n) is 7.88. The Labute approximate surface area is 145 Å². The molecule has 2 N–H and O–H groups in total. The van der Waals surface area contributed by atoms with Crippen molar-refractivity contribution in [3.05, 3.63) is 69.8 Å². The second-order valence-corrected chi connectivity index (χ2v) is 5.40. The fourth-order valence-corrected chi connectivity index (χ4v) is 2.40. The molecule has 0 radical (unpaired) electrons. The van der Waals surface area contributed by atoms with E-state index < -0.39 is 10.8 Å². The number of hydrogen-bond donors (Lipinski definition) is 2. The molecule has 130 valence electrons. The summed E-state index contributed by atoms with van der Waals surface area (Å²) < 4.78 is 0. The fourth-order valence-electron chi connectivity index (χ4n) is 2.40. The van der Waals surface area contributed by atoms with Crippen LogP contribution in [0.15, 0.2) is 48.5 Å². The Hall–Kier alpha value is -3.22. The van der Waals surface area contributed by atoms with Gasteiger partial charge in [-0.3, -0.25) is 19.7 Å². The first-order chi connectivity index (χ1) is 12.0. The van der Waals surface area contributed by atoms with Crippen LogP contribution in [-0.2, 0) is 22.4 Å². The van der Waals surface area contributed by atoms with E-state index in [-0.39, 0.29) is 24.6 Å². The van der Waals surface area contributed by atoms with Crippen LogP contribution in [0.5, 0.6) is 0 Å². The third-order valence-electron chi connectivity index (χ3n) is 3.66. The number of nitro benzene ring substituents is 1. The number of nitrogens with one attached hydrogen (secondary N) is 2. The van der Waals surface area contributed by atoms with E-state index in [4.69, 9.17) is 0 Å². The van der Waals surface area contributed by atoms with Crippen molar-refractivity contribution in [1.29, 1.82) is 0 Å². The molecule has 2 amide bonds. The Kier molecular flexibility index (Phi) is 6.22. The molecule has 0 fully saturated rings. The van der Waals surface area contributed by atoms with Gasteiger partial charge in [0.1, 0.15) is 0 Å². The van der Waals surface area contributed by atoms with Crippen LogP contribution in [0.25, 0.3) is 0 Å². The predicted molar refractivity (Wildman–Crippen MR) is 94.3 cm³/mol. The molecule has 0 aliphatic heterocycles. The number of hydrogen-bond acceptors (Lipinski definition) is 4. The summed E-state index contributed by atoms with van der Waals surface area (Å²) in [5, 5.41) is 16.2. The predicted octanol–water partition coefficient (Wildman–Crippen LogP) is 2.45. The molecule has 0 heterocycles. The zero-order valence-corrected chi connectivity index (χ0v) is 13.8. The Morgan fingerprint density at radius 1 is 1.00 bits per heavy atom. The molecule has 0 unspecified atom stereocenters. The van der Waals surface area contributed by atoms with Crippen molar-refractivity contribution < 1.29 is 14.5 Å². The normalized spacial score (nSPS) is 10.1. The first-order valence-corrected chi connectivity index (χ1v) is 7.88. The quantitative estimate of drug-likeness (QED) is 0.596. The smallest absolute Gasteiger partial charge is 0.273 e. The number of benzene rings is 2. The van der Waals surface area contributed by atoms with Gasteiger partial charge in [0.25, 0.3) is 5.69 Å². The number of carbonyl (C=O) groups excluding carboxylic acids is 2. The van der Waals surface area contributed by atoms with Gasteiger partial charge in [0.15, 0.2) is 0 Å². The van der Waals surface area contributed by atoms with Gasteiger partial charge in [-0.1, -0.05) is 43.3 Å². The van der Waals surface area contributed by atoms with Crippen molar-refractivity contribution >= 4 is 23.2 Å². The molecule has 0 saturated heterocycles. The number of nitrogens with zero attached hydrogens (tertiary/aromatic N) is 1. The zero-order chi connectivity index (χ0) is 18.2. The van der Waals surface area contributed by atoms with E-state index >= 15 is 0 Å². The van der Waals surface area contributed by atoms with Gasteiger partial charge in [-0.15, -0.1) is 0 Å². The molecule has 0 atom stereocenters. The van der Waals surface area contributed by atoms with Crippen LogP contribution in [0.3, 0.4) is 0 Å². The first kappa shape index (κ1) is 18.1. The number of rotatable bonds is 7. The number of amides is 2. The fraction of sp³-hybridized carbons (Fsp3) is 0.222. The summed E-state index contributed by atoms with van der Waals surface area (Å²) in [7, 11) is 0. The second-order valence-electron chi connectivity index (χ2n) is 5.40. The van der Waals surface area contributed by atoms with Crippen LogP contribution >= 0.6 is 0 Å². The summed E-state index contributed by atoms with van der Waals surface area (Å²) in [5.74, 6) is -0.801. The maximum Gasteiger partial charge on any atom is 0.273 e. The number of carbonyl (C=O) groups is 2. The van der Waals surface area contributed by atoms with Crippen molar-refractivity contribution in [1.82, 2.24) is 5.32 Å². The molecule has 0 aliphatic carbocycles. The topological polar surface area (TPSA) is 101 Å². The molecular formula is C18H19N3O4. The molecule has 2 rings (SSSR count). The van der Waals surface area contributed by atoms with Crippen LogP contribution in [0.1, 0.15) is 18.1 Å². The van der Waals surface area contributed by atoms with Gasteiger partial charge in [-0.2, -0.15) is 0 Å². The minimum atomic E-state index is -0.531. The molecule has 2 aromatic rings. The van der Waals surface area contributed by atoms with E-state index in [9.17, 15) is 19.7 Å². The number of para-hydroxylation sites is 2. The lowest BCUT2D eigenvalue weighted by Crippen LogP contribution is -2.34. The van der Waals surface area contributed by atoms with Crippen molar-refractivity contribution in [3.63, 3.8) is 0 Å². The summed E-state index contributed by atoms with van der Waals surface area (Å²) in [6.07, 6.45) is 0.621. The Morgan fingerprint density at radius 2 is 1.64 bits per heavy atom. The van der Waals surface area contributed by atoms with Crippen LogP contribution in [0, 0.1) is 10.1 Å². The molecule has 0 aliphatic rings. The van der Waals surface area contributed by atoms with E-state index in [0.29, 0.717) is 11.3 Å². The highest BCUT2D eigenvalue weighted by molar-refractivity contribution is 5.95. The molecule has 0 aromatic heterocycles. The zero-order valence-electron chi connectivity index (χ0n) is 13.8. The summed E-state index contributed by atoms with van der Waals surface area (Å²) in [6.45, 7) is 1.79. The highest BCUT2D eigenvalue weighted by atomic mass is 16.6. The maximum absolute atomic E-state index is 12.0. The minimum absolute atomic E-state index is 0.112. The van der Waals surface area contributed by atoms with Crippen molar-refractivity contribution in [2.45, 2.75) is 19.8 Å². The van der Waals surface area contributed by atoms with Crippen molar-refractivity contribution in [3.8, 4) is 0 Å². The Bertz CT molecular complexity index is 789. The molecule has 25 heavy (non-hydrogen) atoms. The Morgan fingerprint density at radius 3 is 2.32 bits per heavy atom. The third-order valence-corrected chi connectivity index (χ3v) is 3.66. The SMILES string of the molecule is CCc1ccccc1NC(=O)CNC(=O)Cc1ccccc1[N+](=O)[O-]. The highest BCUT2D eigenvalue weighted by Crippen LogP contribution is 2.18. The summed E-state index contributed by atoms with van der Waals surface area (Å²) >= 11 is 0. The number of nitro groups is 1. The molecule has 7 heteroatoms. The maximum atomic E-state index is 12.0. The lowest BCUT2D eigenvalue weighted by molar-refractivity contribution is -0.385. The van der Waals surface area contributed by atoms with Crippen LogP contribution in [0.4, 0.5) is 11.4 Å². The molecule has 0 bridgehead atoms. The molecule has 7 nitrogen and oxygen atoms in total. The van der Waals surface area contributed by atoms with Crippen molar-refractivity contribution in [2.75, 3.05) is 11.9 Å². The van der Waals surface area contributed by atoms with Crippen molar-refractivity contribution in [2.24, 2.45) is 0 Å². The lowest BCUT2D eigenvalue weighted by atomic mass is 10.1. The standard InChI is InChI=1S/C18H19N3O4/c1-2-13-7-3-5-9-15(13)20-18(23)12-19-17(22)11-14-8-4-6-10-16(14)21(24)25/h3-10H,2,11-12H2,1H3,(H,19,22)(H,20,23). The van der Waals surface area contributed by atoms with Gasteiger partial charge in [-0.05, 0) is 18.1 Å². The van der Waals surface area contributed by atoms with Gasteiger partial charge in [0.2, 0.25) is 11.8 Å². The number of anilines is 1. The average molecular weight is 341 g/mol. The molecular weight excluding hydrogens is 322 g/mol. The van der Waals surface area contributed by atoms with E-state index in [0.717, 1.165) is 12.0 Å². The lowest BCUT2D eigenvalue weighted by Gasteiger charge is -2.10. The van der Waals surface area contributed by atoms with Gasteiger partial charge >= 0.3 is 0 Å². The van der Waals surface area contributed by atoms with Crippen LogP contribution < -0.4 is 10.6 Å². The minimum Gasteiger partial charge on any atom is -0.347 e. The van der Waals surface area contributed by atoms with E-state index in [2.05, 4.69) is 10.6 Å². The summed E-state index contributed by atoms with van der Waals surface area (Å²) in [5.41, 5.74) is 1.91. The summed E-state index contributed by atoms with van der Waals surface area (Å²) in [6, 6.07) is 13.5. The largest absolute Gasteiger partial charge is 0.347 e. The van der Waals surface area contributed by atoms with Gasteiger partial charge < -0.3 is 10.6 Å². The Balaban J connectivity index is 1.90. The molecule has 2 aromatic carbocycles. The third kappa shape index (κ3) is 5.13. The van der Waals surface area contributed by atoms with Crippen LogP contribution in [0.2, 0.25) is 0 Å². The number of aryl methyl sites for hydroxylation is 1. The monoisotopic (exact) mass is 341 g/mol. The second kappa shape index (κ2) is 8.58. The molecule has 0 saturated carbocycles. The van der Waals surface area contributed by atoms with Gasteiger partial charge in [0.05, 0.1) is 17.9 Å². The highest BCUT2D eigenvalue weighted by Gasteiger charge is 2.16.